The van der Waals surface area contributed by atoms with Crippen LogP contribution in [0.1, 0.15) is 63.9 Å². The summed E-state index contributed by atoms with van der Waals surface area (Å²) in [5.41, 5.74) is 1.10. The fraction of sp³-hybridized carbons (Fsp3) is 0.625. The molecule has 0 aliphatic heterocycles. The Balaban J connectivity index is 0.00000400. The molecular weight excluding hydrogens is 295 g/mol. The van der Waals surface area contributed by atoms with Gasteiger partial charge in [0.15, 0.2) is 0 Å². The van der Waals surface area contributed by atoms with E-state index in [0.717, 1.165) is 18.4 Å². The Bertz CT molecular complexity index is 469. The average Bonchev–Trinajstić information content (AvgIpc) is 2.41. The zero-order chi connectivity index (χ0) is 14.8. The monoisotopic (exact) mass is 320 g/mol. The Labute approximate surface area is 151 Å². The molecule has 0 N–H and O–H groups in total. The summed E-state index contributed by atoms with van der Waals surface area (Å²) in [6.45, 7) is 2.23. The van der Waals surface area contributed by atoms with E-state index in [1.54, 1.807) is 12.1 Å². The zero-order valence-corrected chi connectivity index (χ0v) is 16.1. The predicted molar refractivity (Wildman–Crippen MR) is 80.7 cm³/mol. The van der Waals surface area contributed by atoms with Crippen LogP contribution in [0.15, 0.2) is 29.2 Å². The maximum Gasteiger partial charge on any atom is 1.00 e. The summed E-state index contributed by atoms with van der Waals surface area (Å²) in [6.07, 6.45) is 11.2. The first-order valence-corrected chi connectivity index (χ1v) is 8.99. The summed E-state index contributed by atoms with van der Waals surface area (Å²) in [6, 6.07) is 6.29. The van der Waals surface area contributed by atoms with Gasteiger partial charge in [0.1, 0.15) is 10.1 Å². The number of rotatable bonds is 10. The van der Waals surface area contributed by atoms with Gasteiger partial charge in [0.05, 0.1) is 4.90 Å². The molecule has 3 nitrogen and oxygen atoms in total. The molecule has 0 saturated carbocycles. The van der Waals surface area contributed by atoms with Crippen LogP contribution in [0, 0.1) is 0 Å². The average molecular weight is 320 g/mol. The molecule has 0 aliphatic rings. The van der Waals surface area contributed by atoms with Gasteiger partial charge in [-0.05, 0) is 30.5 Å². The van der Waals surface area contributed by atoms with E-state index in [4.69, 9.17) is 0 Å². The Morgan fingerprint density at radius 2 is 1.33 bits per heavy atom. The maximum atomic E-state index is 10.8. The van der Waals surface area contributed by atoms with Crippen LogP contribution in [-0.4, -0.2) is 13.0 Å². The van der Waals surface area contributed by atoms with Crippen molar-refractivity contribution >= 4 is 10.1 Å². The Morgan fingerprint density at radius 3 is 1.81 bits per heavy atom. The molecule has 1 rings (SSSR count). The molecule has 0 bridgehead atoms. The summed E-state index contributed by atoms with van der Waals surface area (Å²) in [5.74, 6) is 0. The molecule has 0 amide bonds. The second-order valence-corrected chi connectivity index (χ2v) is 6.70. The number of hydrogen-bond acceptors (Lipinski definition) is 3. The molecule has 21 heavy (non-hydrogen) atoms. The number of hydrogen-bond donors (Lipinski definition) is 0. The van der Waals surface area contributed by atoms with E-state index >= 15 is 0 Å². The Kier molecular flexibility index (Phi) is 11.7. The van der Waals surface area contributed by atoms with Crippen LogP contribution in [0.4, 0.5) is 0 Å². The van der Waals surface area contributed by atoms with Gasteiger partial charge in [0.25, 0.3) is 0 Å². The first kappa shape index (κ1) is 21.1. The van der Waals surface area contributed by atoms with Crippen LogP contribution in [0.2, 0.25) is 0 Å². The van der Waals surface area contributed by atoms with Gasteiger partial charge in [-0.3, -0.25) is 0 Å². The van der Waals surface area contributed by atoms with Crippen molar-refractivity contribution in [2.75, 3.05) is 0 Å². The van der Waals surface area contributed by atoms with E-state index < -0.39 is 10.1 Å². The third kappa shape index (κ3) is 9.69. The van der Waals surface area contributed by atoms with Crippen molar-refractivity contribution < 1.29 is 42.5 Å². The van der Waals surface area contributed by atoms with E-state index in [-0.39, 0.29) is 34.5 Å². The smallest absolute Gasteiger partial charge is 0.744 e. The normalized spacial score (nSPS) is 11.1. The molecule has 0 aromatic heterocycles. The summed E-state index contributed by atoms with van der Waals surface area (Å²) in [5, 5.41) is 0. The third-order valence-corrected chi connectivity index (χ3v) is 4.38. The van der Waals surface area contributed by atoms with Crippen molar-refractivity contribution in [2.45, 2.75) is 69.6 Å². The second-order valence-electron chi connectivity index (χ2n) is 5.32. The van der Waals surface area contributed by atoms with Gasteiger partial charge >= 0.3 is 29.6 Å². The van der Waals surface area contributed by atoms with Crippen LogP contribution in [0.5, 0.6) is 0 Å². The molecule has 0 heterocycles. The largest absolute Gasteiger partial charge is 1.00 e. The minimum Gasteiger partial charge on any atom is -0.744 e. The topological polar surface area (TPSA) is 57.2 Å². The number of unbranched alkanes of at least 4 members (excludes halogenated alkanes) is 7. The molecule has 5 heteroatoms. The van der Waals surface area contributed by atoms with Gasteiger partial charge in [-0.15, -0.1) is 0 Å². The molecule has 0 radical (unpaired) electrons. The van der Waals surface area contributed by atoms with Gasteiger partial charge < -0.3 is 4.55 Å². The molecule has 0 atom stereocenters. The molecule has 0 aliphatic carbocycles. The zero-order valence-electron chi connectivity index (χ0n) is 13.3. The molecule has 1 aromatic carbocycles. The second kappa shape index (κ2) is 11.7. The minimum absolute atomic E-state index is 0. The molecule has 0 spiro atoms. The molecule has 1 aromatic rings. The van der Waals surface area contributed by atoms with E-state index in [2.05, 4.69) is 6.92 Å². The summed E-state index contributed by atoms with van der Waals surface area (Å²) >= 11 is 0. The fourth-order valence-corrected chi connectivity index (χ4v) is 2.76. The van der Waals surface area contributed by atoms with Gasteiger partial charge in [0, 0.05) is 0 Å². The minimum atomic E-state index is -4.31. The molecule has 0 fully saturated rings. The van der Waals surface area contributed by atoms with Crippen molar-refractivity contribution in [1.29, 1.82) is 0 Å². The van der Waals surface area contributed by atoms with E-state index in [9.17, 15) is 13.0 Å². The first-order chi connectivity index (χ1) is 9.54. The quantitative estimate of drug-likeness (QED) is 0.371. The maximum absolute atomic E-state index is 10.8. The summed E-state index contributed by atoms with van der Waals surface area (Å²) in [4.78, 5) is -0.142. The van der Waals surface area contributed by atoms with Crippen LogP contribution >= 0.6 is 0 Å². The Hall–Kier alpha value is 0.130. The van der Waals surface area contributed by atoms with Gasteiger partial charge in [-0.25, -0.2) is 8.42 Å². The van der Waals surface area contributed by atoms with Crippen molar-refractivity contribution in [3.05, 3.63) is 29.8 Å². The standard InChI is InChI=1S/C16H26O3S.Na/c1-2-3-4-5-6-7-8-9-10-15-11-13-16(14-12-15)20(17,18)19;/h11-14H,2-10H2,1H3,(H,17,18,19);/q;+1/p-1. The van der Waals surface area contributed by atoms with Crippen LogP contribution in [0.25, 0.3) is 0 Å². The van der Waals surface area contributed by atoms with Crippen LogP contribution in [-0.2, 0) is 16.5 Å². The molecular formula is C16H25NaO3S. The van der Waals surface area contributed by atoms with Gasteiger partial charge in [-0.2, -0.15) is 0 Å². The van der Waals surface area contributed by atoms with Crippen molar-refractivity contribution in [1.82, 2.24) is 0 Å². The Morgan fingerprint density at radius 1 is 0.857 bits per heavy atom. The number of aryl methyl sites for hydroxylation is 1. The molecule has 0 unspecified atom stereocenters. The van der Waals surface area contributed by atoms with Gasteiger partial charge in [-0.1, -0.05) is 64.0 Å². The van der Waals surface area contributed by atoms with Crippen molar-refractivity contribution in [2.24, 2.45) is 0 Å². The van der Waals surface area contributed by atoms with E-state index in [0.29, 0.717) is 0 Å². The third-order valence-electron chi connectivity index (χ3n) is 3.53. The summed E-state index contributed by atoms with van der Waals surface area (Å²) in [7, 11) is -4.31. The predicted octanol–water partition coefficient (Wildman–Crippen LogP) is 1.28. The SMILES string of the molecule is CCCCCCCCCCc1ccc(S(=O)(=O)[O-])cc1.[Na+]. The van der Waals surface area contributed by atoms with Crippen LogP contribution < -0.4 is 29.6 Å². The van der Waals surface area contributed by atoms with Crippen molar-refractivity contribution in [3.63, 3.8) is 0 Å². The van der Waals surface area contributed by atoms with E-state index in [1.807, 2.05) is 0 Å². The summed E-state index contributed by atoms with van der Waals surface area (Å²) < 4.78 is 32.4. The molecule has 0 saturated heterocycles. The van der Waals surface area contributed by atoms with E-state index in [1.165, 1.54) is 57.1 Å². The first-order valence-electron chi connectivity index (χ1n) is 7.59. The fourth-order valence-electron chi connectivity index (χ4n) is 2.29. The van der Waals surface area contributed by atoms with Gasteiger partial charge in [0.2, 0.25) is 0 Å². The van der Waals surface area contributed by atoms with Crippen molar-refractivity contribution in [3.8, 4) is 0 Å². The molecule has 114 valence electrons. The van der Waals surface area contributed by atoms with Crippen LogP contribution in [0.3, 0.4) is 0 Å². The number of benzene rings is 1.